The van der Waals surface area contributed by atoms with Gasteiger partial charge in [-0.05, 0) is 12.5 Å². The maximum absolute atomic E-state index is 12.8. The summed E-state index contributed by atoms with van der Waals surface area (Å²) < 4.78 is 0. The van der Waals surface area contributed by atoms with Crippen molar-refractivity contribution in [1.82, 2.24) is 25.1 Å². The fraction of sp³-hybridized carbons (Fsp3) is 0.136. The summed E-state index contributed by atoms with van der Waals surface area (Å²) in [6.45, 7) is 1.96. The number of carbonyl (C=O) groups excluding carboxylic acids is 1. The van der Waals surface area contributed by atoms with Crippen LogP contribution in [0.25, 0.3) is 33.3 Å². The van der Waals surface area contributed by atoms with E-state index >= 15 is 0 Å². The molecule has 154 valence electrons. The van der Waals surface area contributed by atoms with Crippen molar-refractivity contribution in [2.45, 2.75) is 23.8 Å². The average Bonchev–Trinajstić information content (AvgIpc) is 3.42. The number of rotatable bonds is 6. The van der Waals surface area contributed by atoms with E-state index in [-0.39, 0.29) is 11.2 Å². The van der Waals surface area contributed by atoms with Crippen molar-refractivity contribution in [1.29, 1.82) is 0 Å². The van der Waals surface area contributed by atoms with Crippen LogP contribution >= 0.6 is 23.1 Å². The molecule has 0 spiro atoms. The van der Waals surface area contributed by atoms with Gasteiger partial charge >= 0.3 is 0 Å². The normalized spacial score (nSPS) is 12.3. The van der Waals surface area contributed by atoms with Crippen molar-refractivity contribution in [3.8, 4) is 11.3 Å². The lowest BCUT2D eigenvalue weighted by atomic mass is 10.2. The van der Waals surface area contributed by atoms with Crippen molar-refractivity contribution in [2.75, 3.05) is 5.32 Å². The number of nitrogens with one attached hydrogen (secondary N) is 2. The Kier molecular flexibility index (Phi) is 5.35. The third-order valence-electron chi connectivity index (χ3n) is 4.82. The highest BCUT2D eigenvalue weighted by Gasteiger charge is 2.22. The molecule has 0 fully saturated rings. The van der Waals surface area contributed by atoms with Crippen LogP contribution in [0.5, 0.6) is 0 Å². The van der Waals surface area contributed by atoms with Crippen LogP contribution < -0.4 is 5.32 Å². The topological polar surface area (TPSA) is 96.5 Å². The van der Waals surface area contributed by atoms with Gasteiger partial charge in [-0.15, -0.1) is 21.5 Å². The van der Waals surface area contributed by atoms with E-state index < -0.39 is 0 Å². The van der Waals surface area contributed by atoms with Gasteiger partial charge in [0.1, 0.15) is 5.52 Å². The second kappa shape index (κ2) is 8.44. The van der Waals surface area contributed by atoms with Gasteiger partial charge in [-0.2, -0.15) is 0 Å². The Morgan fingerprint density at radius 2 is 1.90 bits per heavy atom. The van der Waals surface area contributed by atoms with Gasteiger partial charge in [0.15, 0.2) is 10.8 Å². The fourth-order valence-corrected chi connectivity index (χ4v) is 4.81. The monoisotopic (exact) mass is 446 g/mol. The molecule has 2 N–H and O–H groups in total. The van der Waals surface area contributed by atoms with Crippen LogP contribution in [-0.4, -0.2) is 36.3 Å². The molecular weight excluding hydrogens is 428 g/mol. The number of amides is 1. The Morgan fingerprint density at radius 1 is 1.10 bits per heavy atom. The summed E-state index contributed by atoms with van der Waals surface area (Å²) in [5, 5.41) is 15.1. The second-order valence-corrected chi connectivity index (χ2v) is 8.90. The summed E-state index contributed by atoms with van der Waals surface area (Å²) >= 11 is 2.71. The molecule has 0 saturated heterocycles. The molecule has 7 nitrogen and oxygen atoms in total. The van der Waals surface area contributed by atoms with E-state index in [0.717, 1.165) is 27.7 Å². The number of hydrogen-bond donors (Lipinski definition) is 2. The summed E-state index contributed by atoms with van der Waals surface area (Å²) in [7, 11) is 0. The molecule has 0 saturated carbocycles. The molecule has 0 aliphatic carbocycles. The number of fused-ring (bicyclic) bond motifs is 3. The van der Waals surface area contributed by atoms with Crippen LogP contribution in [0.4, 0.5) is 5.13 Å². The molecule has 0 bridgehead atoms. The van der Waals surface area contributed by atoms with Crippen LogP contribution in [0.2, 0.25) is 0 Å². The average molecular weight is 447 g/mol. The van der Waals surface area contributed by atoms with E-state index in [1.807, 2.05) is 66.9 Å². The first kappa shape index (κ1) is 19.7. The molecule has 1 unspecified atom stereocenters. The van der Waals surface area contributed by atoms with Crippen LogP contribution in [0.1, 0.15) is 13.3 Å². The third-order valence-corrected chi connectivity index (χ3v) is 6.79. The standard InChI is InChI=1S/C22H18N6OS2/c1-2-17(20(29)26-21-24-16(12-30-21)13-8-4-3-5-9-13)31-22-25-19-18(27-28-22)14-10-6-7-11-15(14)23-19/h3-12,17H,2H2,1H3,(H,23,25,28)(H,24,26,29). The zero-order chi connectivity index (χ0) is 21.2. The first-order valence-corrected chi connectivity index (χ1v) is 11.6. The molecule has 31 heavy (non-hydrogen) atoms. The highest BCUT2D eigenvalue weighted by molar-refractivity contribution is 8.00. The predicted molar refractivity (Wildman–Crippen MR) is 125 cm³/mol. The zero-order valence-corrected chi connectivity index (χ0v) is 18.2. The molecule has 1 amide bonds. The Labute approximate surface area is 186 Å². The Hall–Kier alpha value is -3.30. The number of nitrogens with zero attached hydrogens (tertiary/aromatic N) is 4. The zero-order valence-electron chi connectivity index (χ0n) is 16.6. The Morgan fingerprint density at radius 3 is 2.74 bits per heavy atom. The van der Waals surface area contributed by atoms with Gasteiger partial charge < -0.3 is 10.3 Å². The number of carbonyl (C=O) groups is 1. The smallest absolute Gasteiger partial charge is 0.239 e. The molecule has 5 aromatic rings. The van der Waals surface area contributed by atoms with Crippen LogP contribution in [0.15, 0.2) is 65.1 Å². The number of aromatic nitrogens is 5. The minimum atomic E-state index is -0.354. The number of H-pyrrole nitrogens is 1. The van der Waals surface area contributed by atoms with E-state index in [2.05, 4.69) is 30.5 Å². The van der Waals surface area contributed by atoms with E-state index in [4.69, 9.17) is 0 Å². The number of aromatic amines is 1. The minimum absolute atomic E-state index is 0.123. The van der Waals surface area contributed by atoms with Gasteiger partial charge in [0.05, 0.1) is 10.9 Å². The molecule has 3 heterocycles. The molecule has 3 aromatic heterocycles. The quantitative estimate of drug-likeness (QED) is 0.351. The first-order chi connectivity index (χ1) is 15.2. The molecule has 0 radical (unpaired) electrons. The van der Waals surface area contributed by atoms with Crippen molar-refractivity contribution >= 4 is 56.2 Å². The van der Waals surface area contributed by atoms with Gasteiger partial charge in [-0.25, -0.2) is 9.97 Å². The second-order valence-electron chi connectivity index (χ2n) is 6.87. The number of hydrogen-bond acceptors (Lipinski definition) is 7. The van der Waals surface area contributed by atoms with Crippen molar-refractivity contribution in [2.24, 2.45) is 0 Å². The molecular formula is C22H18N6OS2. The first-order valence-electron chi connectivity index (χ1n) is 9.81. The van der Waals surface area contributed by atoms with Crippen LogP contribution in [0.3, 0.4) is 0 Å². The maximum atomic E-state index is 12.8. The highest BCUT2D eigenvalue weighted by atomic mass is 32.2. The SMILES string of the molecule is CCC(Sc1nnc2c(n1)[nH]c1ccccc12)C(=O)Nc1nc(-c2ccccc2)cs1. The van der Waals surface area contributed by atoms with Crippen molar-refractivity contribution in [3.05, 3.63) is 60.0 Å². The maximum Gasteiger partial charge on any atom is 0.239 e. The van der Waals surface area contributed by atoms with E-state index in [1.54, 1.807) is 0 Å². The Bertz CT molecular complexity index is 1360. The summed E-state index contributed by atoms with van der Waals surface area (Å²) in [6.07, 6.45) is 0.627. The molecule has 0 aliphatic heterocycles. The lowest BCUT2D eigenvalue weighted by Crippen LogP contribution is -2.24. The van der Waals surface area contributed by atoms with E-state index in [0.29, 0.717) is 22.4 Å². The number of thiazole rings is 1. The van der Waals surface area contributed by atoms with Crippen molar-refractivity contribution in [3.63, 3.8) is 0 Å². The summed E-state index contributed by atoms with van der Waals surface area (Å²) in [5.74, 6) is -0.123. The molecule has 5 rings (SSSR count). The van der Waals surface area contributed by atoms with E-state index in [1.165, 1.54) is 23.1 Å². The van der Waals surface area contributed by atoms with Crippen molar-refractivity contribution < 1.29 is 4.79 Å². The summed E-state index contributed by atoms with van der Waals surface area (Å²) in [5.41, 5.74) is 4.23. The largest absolute Gasteiger partial charge is 0.338 e. The van der Waals surface area contributed by atoms with Crippen LogP contribution in [-0.2, 0) is 4.79 Å². The molecule has 2 aromatic carbocycles. The number of benzene rings is 2. The van der Waals surface area contributed by atoms with Gasteiger partial charge in [0.25, 0.3) is 0 Å². The minimum Gasteiger partial charge on any atom is -0.338 e. The number of thioether (sulfide) groups is 1. The van der Waals surface area contributed by atoms with Gasteiger partial charge in [0, 0.05) is 21.8 Å². The third kappa shape index (κ3) is 4.01. The van der Waals surface area contributed by atoms with Gasteiger partial charge in [-0.3, -0.25) is 4.79 Å². The molecule has 1 atom stereocenters. The lowest BCUT2D eigenvalue weighted by molar-refractivity contribution is -0.115. The molecule has 9 heteroatoms. The van der Waals surface area contributed by atoms with Gasteiger partial charge in [0.2, 0.25) is 11.1 Å². The number of anilines is 1. The van der Waals surface area contributed by atoms with E-state index in [9.17, 15) is 4.79 Å². The molecule has 0 aliphatic rings. The Balaban J connectivity index is 1.32. The summed E-state index contributed by atoms with van der Waals surface area (Å²) in [6, 6.07) is 17.8. The highest BCUT2D eigenvalue weighted by Crippen LogP contribution is 2.28. The van der Waals surface area contributed by atoms with Crippen LogP contribution in [0, 0.1) is 0 Å². The summed E-state index contributed by atoms with van der Waals surface area (Å²) in [4.78, 5) is 25.2. The fourth-order valence-electron chi connectivity index (χ4n) is 3.26. The lowest BCUT2D eigenvalue weighted by Gasteiger charge is -2.11. The van der Waals surface area contributed by atoms with Gasteiger partial charge in [-0.1, -0.05) is 67.2 Å². The number of para-hydroxylation sites is 1. The predicted octanol–water partition coefficient (Wildman–Crippen LogP) is 5.14.